The molecular weight excluding hydrogens is 272 g/mol. The van der Waals surface area contributed by atoms with Crippen molar-refractivity contribution >= 4 is 11.9 Å². The van der Waals surface area contributed by atoms with E-state index >= 15 is 0 Å². The number of nitrogens with zero attached hydrogens (tertiary/aromatic N) is 2. The van der Waals surface area contributed by atoms with Gasteiger partial charge in [-0.2, -0.15) is 0 Å². The molecule has 0 unspecified atom stereocenters. The van der Waals surface area contributed by atoms with E-state index in [0.29, 0.717) is 12.3 Å². The van der Waals surface area contributed by atoms with E-state index in [4.69, 9.17) is 9.84 Å². The molecule has 2 heterocycles. The third-order valence-corrected chi connectivity index (χ3v) is 3.73. The smallest absolute Gasteiger partial charge is 0.354 e. The molecule has 1 aliphatic rings. The molecule has 1 aromatic heterocycles. The normalized spacial score (nSPS) is 17.8. The summed E-state index contributed by atoms with van der Waals surface area (Å²) in [7, 11) is 1.44. The van der Waals surface area contributed by atoms with Crippen LogP contribution in [0.5, 0.6) is 5.75 Å². The Labute approximate surface area is 123 Å². The van der Waals surface area contributed by atoms with Gasteiger partial charge in [0.15, 0.2) is 5.69 Å². The standard InChI is InChI=1S/C15H20N2O4/c1-3-5-10-6-4-7-17(10)14(18)12-8-11(21-2)9-13(16-12)15(19)20/h8-10H,3-7H2,1-2H3,(H,19,20)/t10-/m0/s1. The summed E-state index contributed by atoms with van der Waals surface area (Å²) in [6.07, 6.45) is 3.95. The predicted octanol–water partition coefficient (Wildman–Crippen LogP) is 2.19. The Bertz CT molecular complexity index is 544. The zero-order chi connectivity index (χ0) is 15.4. The van der Waals surface area contributed by atoms with Crippen molar-refractivity contribution < 1.29 is 19.4 Å². The van der Waals surface area contributed by atoms with Crippen molar-refractivity contribution in [2.24, 2.45) is 0 Å². The monoisotopic (exact) mass is 292 g/mol. The van der Waals surface area contributed by atoms with Crippen molar-refractivity contribution in [3.05, 3.63) is 23.5 Å². The van der Waals surface area contributed by atoms with Crippen LogP contribution in [0, 0.1) is 0 Å². The number of carbonyl (C=O) groups excluding carboxylic acids is 1. The summed E-state index contributed by atoms with van der Waals surface area (Å²) in [5.74, 6) is -1.06. The summed E-state index contributed by atoms with van der Waals surface area (Å²) in [6, 6.07) is 3.03. The average molecular weight is 292 g/mol. The Morgan fingerprint density at radius 1 is 1.43 bits per heavy atom. The minimum atomic E-state index is -1.17. The number of amides is 1. The Hall–Kier alpha value is -2.11. The first-order valence-electron chi connectivity index (χ1n) is 7.17. The number of aromatic nitrogens is 1. The first-order valence-corrected chi connectivity index (χ1v) is 7.17. The molecular formula is C15H20N2O4. The predicted molar refractivity (Wildman–Crippen MR) is 76.7 cm³/mol. The molecule has 0 aromatic carbocycles. The number of ether oxygens (including phenoxy) is 1. The van der Waals surface area contributed by atoms with Crippen LogP contribution in [0.2, 0.25) is 0 Å². The van der Waals surface area contributed by atoms with Gasteiger partial charge in [-0.05, 0) is 19.3 Å². The Morgan fingerprint density at radius 2 is 2.14 bits per heavy atom. The summed E-state index contributed by atoms with van der Waals surface area (Å²) in [5.41, 5.74) is -0.0429. The van der Waals surface area contributed by atoms with E-state index in [2.05, 4.69) is 11.9 Å². The van der Waals surface area contributed by atoms with E-state index < -0.39 is 5.97 Å². The van der Waals surface area contributed by atoms with Crippen LogP contribution in [0.15, 0.2) is 12.1 Å². The molecule has 1 saturated heterocycles. The third-order valence-electron chi connectivity index (χ3n) is 3.73. The minimum Gasteiger partial charge on any atom is -0.497 e. The van der Waals surface area contributed by atoms with E-state index in [1.54, 1.807) is 4.90 Å². The number of hydrogen-bond donors (Lipinski definition) is 1. The number of aromatic carboxylic acids is 1. The second-order valence-electron chi connectivity index (χ2n) is 5.17. The highest BCUT2D eigenvalue weighted by atomic mass is 16.5. The molecule has 1 aromatic rings. The number of rotatable bonds is 5. The van der Waals surface area contributed by atoms with Gasteiger partial charge in [-0.25, -0.2) is 9.78 Å². The SMILES string of the molecule is CCC[C@H]1CCCN1C(=O)c1cc(OC)cc(C(=O)O)n1. The molecule has 1 aliphatic heterocycles. The molecule has 2 rings (SSSR count). The van der Waals surface area contributed by atoms with Crippen molar-refractivity contribution in [1.29, 1.82) is 0 Å². The number of carboxylic acid groups (broad SMARTS) is 1. The molecule has 1 amide bonds. The van der Waals surface area contributed by atoms with Crippen LogP contribution in [-0.2, 0) is 0 Å². The molecule has 1 fully saturated rings. The molecule has 114 valence electrons. The van der Waals surface area contributed by atoms with Gasteiger partial charge in [-0.15, -0.1) is 0 Å². The van der Waals surface area contributed by atoms with E-state index in [0.717, 1.165) is 25.7 Å². The minimum absolute atomic E-state index is 0.134. The van der Waals surface area contributed by atoms with Crippen molar-refractivity contribution in [1.82, 2.24) is 9.88 Å². The summed E-state index contributed by atoms with van der Waals surface area (Å²) in [4.78, 5) is 29.4. The molecule has 6 heteroatoms. The summed E-state index contributed by atoms with van der Waals surface area (Å²) in [5, 5.41) is 9.07. The van der Waals surface area contributed by atoms with E-state index in [1.807, 2.05) is 0 Å². The molecule has 0 aliphatic carbocycles. The molecule has 1 atom stereocenters. The molecule has 6 nitrogen and oxygen atoms in total. The maximum atomic E-state index is 12.6. The lowest BCUT2D eigenvalue weighted by atomic mass is 10.1. The van der Waals surface area contributed by atoms with Crippen molar-refractivity contribution in [3.8, 4) is 5.75 Å². The van der Waals surface area contributed by atoms with Gasteiger partial charge in [-0.1, -0.05) is 13.3 Å². The molecule has 0 bridgehead atoms. The summed E-state index contributed by atoms with van der Waals surface area (Å²) < 4.78 is 5.06. The maximum absolute atomic E-state index is 12.6. The molecule has 0 saturated carbocycles. The Kier molecular flexibility index (Phi) is 4.77. The Morgan fingerprint density at radius 3 is 2.76 bits per heavy atom. The fourth-order valence-corrected chi connectivity index (χ4v) is 2.73. The number of carbonyl (C=O) groups is 2. The van der Waals surface area contributed by atoms with Crippen LogP contribution in [0.25, 0.3) is 0 Å². The number of likely N-dealkylation sites (tertiary alicyclic amines) is 1. The molecule has 1 N–H and O–H groups in total. The van der Waals surface area contributed by atoms with Gasteiger partial charge in [-0.3, -0.25) is 4.79 Å². The maximum Gasteiger partial charge on any atom is 0.354 e. The summed E-state index contributed by atoms with van der Waals surface area (Å²) in [6.45, 7) is 2.79. The second kappa shape index (κ2) is 6.56. The molecule has 21 heavy (non-hydrogen) atoms. The van der Waals surface area contributed by atoms with Gasteiger partial charge in [0.2, 0.25) is 0 Å². The molecule has 0 radical (unpaired) electrons. The first-order chi connectivity index (χ1) is 10.1. The van der Waals surface area contributed by atoms with Crippen LogP contribution in [0.3, 0.4) is 0 Å². The van der Waals surface area contributed by atoms with Crippen LogP contribution in [-0.4, -0.2) is 46.6 Å². The van der Waals surface area contributed by atoms with Gasteiger partial charge in [0.25, 0.3) is 5.91 Å². The summed E-state index contributed by atoms with van der Waals surface area (Å²) >= 11 is 0. The first kappa shape index (κ1) is 15.3. The van der Waals surface area contributed by atoms with Gasteiger partial charge < -0.3 is 14.7 Å². The fraction of sp³-hybridized carbons (Fsp3) is 0.533. The number of hydrogen-bond acceptors (Lipinski definition) is 4. The number of pyridine rings is 1. The zero-order valence-electron chi connectivity index (χ0n) is 12.3. The largest absolute Gasteiger partial charge is 0.497 e. The average Bonchev–Trinajstić information content (AvgIpc) is 2.94. The molecule has 0 spiro atoms. The highest BCUT2D eigenvalue weighted by Gasteiger charge is 2.30. The van der Waals surface area contributed by atoms with Gasteiger partial charge in [0.1, 0.15) is 11.4 Å². The van der Waals surface area contributed by atoms with E-state index in [1.165, 1.54) is 19.2 Å². The van der Waals surface area contributed by atoms with E-state index in [9.17, 15) is 9.59 Å². The highest BCUT2D eigenvalue weighted by molar-refractivity contribution is 5.95. The zero-order valence-corrected chi connectivity index (χ0v) is 12.3. The van der Waals surface area contributed by atoms with Gasteiger partial charge >= 0.3 is 5.97 Å². The Balaban J connectivity index is 2.29. The topological polar surface area (TPSA) is 79.7 Å². The van der Waals surface area contributed by atoms with Crippen molar-refractivity contribution in [3.63, 3.8) is 0 Å². The van der Waals surface area contributed by atoms with E-state index in [-0.39, 0.29) is 23.3 Å². The number of methoxy groups -OCH3 is 1. The van der Waals surface area contributed by atoms with Crippen molar-refractivity contribution in [2.45, 2.75) is 38.6 Å². The number of carboxylic acids is 1. The lowest BCUT2D eigenvalue weighted by Crippen LogP contribution is -2.36. The van der Waals surface area contributed by atoms with Crippen LogP contribution in [0.1, 0.15) is 53.6 Å². The van der Waals surface area contributed by atoms with Crippen molar-refractivity contribution in [2.75, 3.05) is 13.7 Å². The highest BCUT2D eigenvalue weighted by Crippen LogP contribution is 2.24. The fourth-order valence-electron chi connectivity index (χ4n) is 2.73. The van der Waals surface area contributed by atoms with Crippen LogP contribution in [0.4, 0.5) is 0 Å². The third kappa shape index (κ3) is 3.32. The lowest BCUT2D eigenvalue weighted by molar-refractivity contribution is 0.0688. The van der Waals surface area contributed by atoms with Gasteiger partial charge in [0, 0.05) is 24.7 Å². The second-order valence-corrected chi connectivity index (χ2v) is 5.17. The lowest BCUT2D eigenvalue weighted by Gasteiger charge is -2.24. The quantitative estimate of drug-likeness (QED) is 0.900. The van der Waals surface area contributed by atoms with Gasteiger partial charge in [0.05, 0.1) is 7.11 Å². The van der Waals surface area contributed by atoms with Crippen LogP contribution < -0.4 is 4.74 Å². The van der Waals surface area contributed by atoms with Crippen LogP contribution >= 0.6 is 0 Å².